The molecule has 0 radical (unpaired) electrons. The van der Waals surface area contributed by atoms with Gasteiger partial charge in [-0.15, -0.1) is 5.10 Å². The monoisotopic (exact) mass is 317 g/mol. The molecule has 0 aliphatic carbocycles. The normalized spacial score (nSPS) is 11.6. The van der Waals surface area contributed by atoms with E-state index in [0.717, 1.165) is 19.4 Å². The second-order valence-corrected chi connectivity index (χ2v) is 6.70. The van der Waals surface area contributed by atoms with E-state index in [2.05, 4.69) is 15.0 Å². The van der Waals surface area contributed by atoms with Crippen LogP contribution in [-0.2, 0) is 16.4 Å². The Bertz CT molecular complexity index is 759. The molecule has 0 aliphatic heterocycles. The highest BCUT2D eigenvalue weighted by Crippen LogP contribution is 2.29. The molecule has 2 aromatic rings. The number of rotatable bonds is 5. The topological polar surface area (TPSA) is 74.1 Å². The molecular weight excluding hydrogens is 304 g/mol. The van der Waals surface area contributed by atoms with E-state index in [4.69, 9.17) is 0 Å². The second kappa shape index (κ2) is 5.76. The zero-order valence-corrected chi connectivity index (χ0v) is 12.2. The molecule has 0 spiro atoms. The van der Waals surface area contributed by atoms with Crippen LogP contribution < -0.4 is 4.74 Å². The molecule has 6 nitrogen and oxygen atoms in total. The van der Waals surface area contributed by atoms with Gasteiger partial charge < -0.3 is 4.74 Å². The summed E-state index contributed by atoms with van der Waals surface area (Å²) < 4.78 is 55.5. The predicted molar refractivity (Wildman–Crippen MR) is 71.6 cm³/mol. The molecule has 2 rings (SSSR count). The molecule has 0 saturated carbocycles. The number of aromatic nitrogens is 3. The molecule has 0 amide bonds. The number of benzene rings is 1. The van der Waals surface area contributed by atoms with E-state index in [-0.39, 0.29) is 23.6 Å². The SMILES string of the molecule is COc1c(F)ccc(-c2cn(CCS(C)(=O)=O)nn2)c1F. The highest BCUT2D eigenvalue weighted by molar-refractivity contribution is 7.90. The van der Waals surface area contributed by atoms with E-state index in [1.165, 1.54) is 16.9 Å². The lowest BCUT2D eigenvalue weighted by molar-refractivity contribution is 0.360. The summed E-state index contributed by atoms with van der Waals surface area (Å²) in [7, 11) is -1.97. The third-order valence-corrected chi connectivity index (χ3v) is 3.68. The van der Waals surface area contributed by atoms with Crippen molar-refractivity contribution in [1.82, 2.24) is 15.0 Å². The zero-order valence-electron chi connectivity index (χ0n) is 11.4. The molecule has 0 aliphatic rings. The van der Waals surface area contributed by atoms with Crippen molar-refractivity contribution >= 4 is 9.84 Å². The van der Waals surface area contributed by atoms with Crippen LogP contribution in [0, 0.1) is 11.6 Å². The van der Waals surface area contributed by atoms with Crippen molar-refractivity contribution < 1.29 is 21.9 Å². The summed E-state index contributed by atoms with van der Waals surface area (Å²) in [6.45, 7) is 0.103. The van der Waals surface area contributed by atoms with Gasteiger partial charge in [0.25, 0.3) is 0 Å². The highest BCUT2D eigenvalue weighted by Gasteiger charge is 2.17. The first-order valence-corrected chi connectivity index (χ1v) is 7.98. The van der Waals surface area contributed by atoms with Gasteiger partial charge in [0.15, 0.2) is 17.4 Å². The van der Waals surface area contributed by atoms with Crippen molar-refractivity contribution in [3.05, 3.63) is 30.0 Å². The molecule has 0 saturated heterocycles. The van der Waals surface area contributed by atoms with Crippen LogP contribution in [-0.4, -0.2) is 42.5 Å². The van der Waals surface area contributed by atoms with Gasteiger partial charge in [-0.3, -0.25) is 4.68 Å². The zero-order chi connectivity index (χ0) is 15.6. The summed E-state index contributed by atoms with van der Waals surface area (Å²) >= 11 is 0. The number of nitrogens with zero attached hydrogens (tertiary/aromatic N) is 3. The molecule has 1 aromatic heterocycles. The van der Waals surface area contributed by atoms with Crippen LogP contribution in [0.2, 0.25) is 0 Å². The van der Waals surface area contributed by atoms with E-state index in [9.17, 15) is 17.2 Å². The fourth-order valence-corrected chi connectivity index (χ4v) is 2.23. The Balaban J connectivity index is 2.30. The van der Waals surface area contributed by atoms with Gasteiger partial charge in [-0.25, -0.2) is 17.2 Å². The number of hydrogen-bond donors (Lipinski definition) is 0. The fourth-order valence-electron chi connectivity index (χ4n) is 1.71. The van der Waals surface area contributed by atoms with Gasteiger partial charge in [0, 0.05) is 11.8 Å². The molecule has 1 aromatic carbocycles. The van der Waals surface area contributed by atoms with Gasteiger partial charge in [-0.1, -0.05) is 5.21 Å². The third-order valence-electron chi connectivity index (χ3n) is 2.76. The van der Waals surface area contributed by atoms with Gasteiger partial charge in [-0.2, -0.15) is 0 Å². The van der Waals surface area contributed by atoms with Crippen LogP contribution >= 0.6 is 0 Å². The van der Waals surface area contributed by atoms with Crippen LogP contribution in [0.5, 0.6) is 5.75 Å². The number of hydrogen-bond acceptors (Lipinski definition) is 5. The van der Waals surface area contributed by atoms with E-state index >= 15 is 0 Å². The van der Waals surface area contributed by atoms with Crippen molar-refractivity contribution in [2.24, 2.45) is 0 Å². The molecule has 0 fully saturated rings. The molecule has 0 atom stereocenters. The average molecular weight is 317 g/mol. The highest BCUT2D eigenvalue weighted by atomic mass is 32.2. The van der Waals surface area contributed by atoms with Gasteiger partial charge in [0.1, 0.15) is 15.5 Å². The first-order valence-electron chi connectivity index (χ1n) is 5.92. The maximum atomic E-state index is 14.1. The minimum absolute atomic E-state index is 0.0267. The maximum absolute atomic E-state index is 14.1. The fraction of sp³-hybridized carbons (Fsp3) is 0.333. The Morgan fingerprint density at radius 3 is 2.67 bits per heavy atom. The van der Waals surface area contributed by atoms with Crippen molar-refractivity contribution in [1.29, 1.82) is 0 Å². The first-order chi connectivity index (χ1) is 9.81. The van der Waals surface area contributed by atoms with Crippen molar-refractivity contribution in [3.8, 4) is 17.0 Å². The average Bonchev–Trinajstić information content (AvgIpc) is 2.85. The van der Waals surface area contributed by atoms with E-state index in [1.807, 2.05) is 0 Å². The standard InChI is InChI=1S/C12H13F2N3O3S/c1-20-12-9(13)4-3-8(11(12)14)10-7-17(16-15-10)5-6-21(2,18)19/h3-4,7H,5-6H2,1-2H3. The molecule has 9 heteroatoms. The van der Waals surface area contributed by atoms with Crippen molar-refractivity contribution in [2.75, 3.05) is 19.1 Å². The minimum atomic E-state index is -3.13. The predicted octanol–water partition coefficient (Wildman–Crippen LogP) is 1.28. The Morgan fingerprint density at radius 1 is 1.33 bits per heavy atom. The van der Waals surface area contributed by atoms with Crippen molar-refractivity contribution in [3.63, 3.8) is 0 Å². The van der Waals surface area contributed by atoms with Crippen LogP contribution in [0.15, 0.2) is 18.3 Å². The van der Waals surface area contributed by atoms with Crippen LogP contribution in [0.4, 0.5) is 8.78 Å². The van der Waals surface area contributed by atoms with E-state index in [1.54, 1.807) is 0 Å². The number of sulfone groups is 1. The Hall–Kier alpha value is -2.03. The molecule has 0 unspecified atom stereocenters. The Labute approximate surface area is 120 Å². The molecular formula is C12H13F2N3O3S. The molecule has 21 heavy (non-hydrogen) atoms. The Kier molecular flexibility index (Phi) is 4.21. The lowest BCUT2D eigenvalue weighted by atomic mass is 10.1. The summed E-state index contributed by atoms with van der Waals surface area (Å²) in [5.41, 5.74) is 0.193. The van der Waals surface area contributed by atoms with Crippen LogP contribution in [0.1, 0.15) is 0 Å². The van der Waals surface area contributed by atoms with Crippen molar-refractivity contribution in [2.45, 2.75) is 6.54 Å². The van der Waals surface area contributed by atoms with E-state index < -0.39 is 27.2 Å². The number of ether oxygens (including phenoxy) is 1. The van der Waals surface area contributed by atoms with Crippen LogP contribution in [0.3, 0.4) is 0 Å². The summed E-state index contributed by atoms with van der Waals surface area (Å²) in [6.07, 6.45) is 2.50. The lowest BCUT2D eigenvalue weighted by Gasteiger charge is -2.06. The quantitative estimate of drug-likeness (QED) is 0.830. The summed E-state index contributed by atoms with van der Waals surface area (Å²) in [5, 5.41) is 7.47. The first kappa shape index (κ1) is 15.4. The van der Waals surface area contributed by atoms with Crippen LogP contribution in [0.25, 0.3) is 11.3 Å². The lowest BCUT2D eigenvalue weighted by Crippen LogP contribution is -2.11. The Morgan fingerprint density at radius 2 is 2.05 bits per heavy atom. The van der Waals surface area contributed by atoms with Gasteiger partial charge in [-0.05, 0) is 12.1 Å². The molecule has 114 valence electrons. The smallest absolute Gasteiger partial charge is 0.191 e. The molecule has 0 N–H and O–H groups in total. The minimum Gasteiger partial charge on any atom is -0.491 e. The second-order valence-electron chi connectivity index (χ2n) is 4.44. The number of methoxy groups -OCH3 is 1. The molecule has 1 heterocycles. The largest absolute Gasteiger partial charge is 0.491 e. The van der Waals surface area contributed by atoms with Gasteiger partial charge in [0.05, 0.1) is 25.6 Å². The third kappa shape index (κ3) is 3.54. The number of halogens is 2. The van der Waals surface area contributed by atoms with E-state index in [0.29, 0.717) is 0 Å². The molecule has 0 bridgehead atoms. The summed E-state index contributed by atoms with van der Waals surface area (Å²) in [6, 6.07) is 2.28. The summed E-state index contributed by atoms with van der Waals surface area (Å²) in [4.78, 5) is 0. The van der Waals surface area contributed by atoms with Gasteiger partial charge >= 0.3 is 0 Å². The van der Waals surface area contributed by atoms with Gasteiger partial charge in [0.2, 0.25) is 0 Å². The summed E-state index contributed by atoms with van der Waals surface area (Å²) in [5.74, 6) is -2.31. The maximum Gasteiger partial charge on any atom is 0.191 e. The number of aryl methyl sites for hydroxylation is 1.